The molecule has 0 spiro atoms. The standard InChI is InChI=1S/C16H19NO2/c1-12-4-3-5-13(10-12)14-6-7-15(19-9-8-17)16(11-14)18-2/h3-7,10-11H,8-9,17H2,1-2H3. The Morgan fingerprint density at radius 1 is 1.00 bits per heavy atom. The molecule has 0 unspecified atom stereocenters. The van der Waals surface area contributed by atoms with E-state index in [9.17, 15) is 0 Å². The van der Waals surface area contributed by atoms with Gasteiger partial charge in [-0.05, 0) is 30.2 Å². The fraction of sp³-hybridized carbons (Fsp3) is 0.250. The molecule has 3 nitrogen and oxygen atoms in total. The van der Waals surface area contributed by atoms with Gasteiger partial charge in [0.25, 0.3) is 0 Å². The first-order chi connectivity index (χ1) is 9.24. The van der Waals surface area contributed by atoms with Gasteiger partial charge in [0.05, 0.1) is 7.11 Å². The predicted octanol–water partition coefficient (Wildman–Crippen LogP) is 3.01. The van der Waals surface area contributed by atoms with E-state index in [4.69, 9.17) is 15.2 Å². The van der Waals surface area contributed by atoms with Crippen LogP contribution in [0.5, 0.6) is 11.5 Å². The molecule has 0 saturated heterocycles. The molecular weight excluding hydrogens is 238 g/mol. The van der Waals surface area contributed by atoms with E-state index in [0.29, 0.717) is 13.2 Å². The molecule has 0 atom stereocenters. The summed E-state index contributed by atoms with van der Waals surface area (Å²) in [6.07, 6.45) is 0. The van der Waals surface area contributed by atoms with Gasteiger partial charge in [0, 0.05) is 6.54 Å². The van der Waals surface area contributed by atoms with Gasteiger partial charge in [-0.25, -0.2) is 0 Å². The van der Waals surface area contributed by atoms with Crippen molar-refractivity contribution in [2.75, 3.05) is 20.3 Å². The molecule has 3 heteroatoms. The van der Waals surface area contributed by atoms with Crippen LogP contribution in [0.4, 0.5) is 0 Å². The van der Waals surface area contributed by atoms with E-state index in [2.05, 4.69) is 31.2 Å². The van der Waals surface area contributed by atoms with E-state index in [0.717, 1.165) is 17.1 Å². The fourth-order valence-corrected chi connectivity index (χ4v) is 1.96. The van der Waals surface area contributed by atoms with Gasteiger partial charge in [-0.3, -0.25) is 0 Å². The van der Waals surface area contributed by atoms with Crippen molar-refractivity contribution in [2.24, 2.45) is 5.73 Å². The Kier molecular flexibility index (Phi) is 4.42. The molecule has 0 saturated carbocycles. The largest absolute Gasteiger partial charge is 0.493 e. The monoisotopic (exact) mass is 257 g/mol. The molecular formula is C16H19NO2. The zero-order valence-electron chi connectivity index (χ0n) is 11.3. The Bertz CT molecular complexity index is 552. The summed E-state index contributed by atoms with van der Waals surface area (Å²) >= 11 is 0. The SMILES string of the molecule is COc1cc(-c2cccc(C)c2)ccc1OCCN. The van der Waals surface area contributed by atoms with Gasteiger partial charge < -0.3 is 15.2 Å². The second kappa shape index (κ2) is 6.25. The van der Waals surface area contributed by atoms with E-state index < -0.39 is 0 Å². The highest BCUT2D eigenvalue weighted by Crippen LogP contribution is 2.32. The third-order valence-corrected chi connectivity index (χ3v) is 2.89. The van der Waals surface area contributed by atoms with Crippen molar-refractivity contribution in [2.45, 2.75) is 6.92 Å². The van der Waals surface area contributed by atoms with Gasteiger partial charge in [0.1, 0.15) is 6.61 Å². The molecule has 2 N–H and O–H groups in total. The second-order valence-corrected chi connectivity index (χ2v) is 4.37. The number of methoxy groups -OCH3 is 1. The highest BCUT2D eigenvalue weighted by Gasteiger charge is 2.07. The van der Waals surface area contributed by atoms with E-state index in [1.54, 1.807) is 7.11 Å². The quantitative estimate of drug-likeness (QED) is 0.895. The van der Waals surface area contributed by atoms with Crippen LogP contribution in [0.2, 0.25) is 0 Å². The summed E-state index contributed by atoms with van der Waals surface area (Å²) in [6, 6.07) is 14.3. The first-order valence-corrected chi connectivity index (χ1v) is 6.32. The predicted molar refractivity (Wildman–Crippen MR) is 77.7 cm³/mol. The first-order valence-electron chi connectivity index (χ1n) is 6.32. The molecule has 0 heterocycles. The third kappa shape index (κ3) is 3.26. The molecule has 0 bridgehead atoms. The normalized spacial score (nSPS) is 10.3. The van der Waals surface area contributed by atoms with Crippen LogP contribution in [0.15, 0.2) is 42.5 Å². The molecule has 0 radical (unpaired) electrons. The molecule has 0 aliphatic rings. The van der Waals surface area contributed by atoms with E-state index >= 15 is 0 Å². The summed E-state index contributed by atoms with van der Waals surface area (Å²) in [5.74, 6) is 1.46. The molecule has 19 heavy (non-hydrogen) atoms. The number of benzene rings is 2. The van der Waals surface area contributed by atoms with Crippen molar-refractivity contribution in [3.8, 4) is 22.6 Å². The van der Waals surface area contributed by atoms with Crippen molar-refractivity contribution in [3.63, 3.8) is 0 Å². The molecule has 0 aliphatic heterocycles. The van der Waals surface area contributed by atoms with Crippen molar-refractivity contribution in [1.29, 1.82) is 0 Å². The summed E-state index contributed by atoms with van der Waals surface area (Å²) < 4.78 is 10.9. The Balaban J connectivity index is 2.33. The van der Waals surface area contributed by atoms with Crippen LogP contribution in [0.1, 0.15) is 5.56 Å². The van der Waals surface area contributed by atoms with Crippen LogP contribution in [0.3, 0.4) is 0 Å². The summed E-state index contributed by atoms with van der Waals surface area (Å²) in [7, 11) is 1.64. The van der Waals surface area contributed by atoms with Crippen LogP contribution < -0.4 is 15.2 Å². The molecule has 2 rings (SSSR count). The number of aryl methyl sites for hydroxylation is 1. The Morgan fingerprint density at radius 2 is 1.79 bits per heavy atom. The third-order valence-electron chi connectivity index (χ3n) is 2.89. The van der Waals surface area contributed by atoms with Gasteiger partial charge in [0.2, 0.25) is 0 Å². The maximum Gasteiger partial charge on any atom is 0.161 e. The maximum absolute atomic E-state index is 5.54. The van der Waals surface area contributed by atoms with Crippen LogP contribution in [0.25, 0.3) is 11.1 Å². The Morgan fingerprint density at radius 3 is 2.47 bits per heavy atom. The minimum atomic E-state index is 0.486. The van der Waals surface area contributed by atoms with Crippen LogP contribution >= 0.6 is 0 Å². The van der Waals surface area contributed by atoms with Gasteiger partial charge in [0.15, 0.2) is 11.5 Å². The summed E-state index contributed by atoms with van der Waals surface area (Å²) in [6.45, 7) is 3.06. The van der Waals surface area contributed by atoms with Gasteiger partial charge in [-0.15, -0.1) is 0 Å². The zero-order valence-corrected chi connectivity index (χ0v) is 11.3. The molecule has 0 aromatic heterocycles. The van der Waals surface area contributed by atoms with Crippen molar-refractivity contribution >= 4 is 0 Å². The maximum atomic E-state index is 5.54. The van der Waals surface area contributed by atoms with E-state index in [1.165, 1.54) is 11.1 Å². The molecule has 2 aromatic carbocycles. The molecule has 0 fully saturated rings. The van der Waals surface area contributed by atoms with Crippen LogP contribution in [-0.2, 0) is 0 Å². The molecule has 0 aliphatic carbocycles. The minimum absolute atomic E-state index is 0.486. The fourth-order valence-electron chi connectivity index (χ4n) is 1.96. The first kappa shape index (κ1) is 13.4. The van der Waals surface area contributed by atoms with Crippen LogP contribution in [0, 0.1) is 6.92 Å². The van der Waals surface area contributed by atoms with Crippen molar-refractivity contribution in [1.82, 2.24) is 0 Å². The summed E-state index contributed by atoms with van der Waals surface area (Å²) in [5, 5.41) is 0. The minimum Gasteiger partial charge on any atom is -0.493 e. The topological polar surface area (TPSA) is 44.5 Å². The van der Waals surface area contributed by atoms with Crippen molar-refractivity contribution < 1.29 is 9.47 Å². The zero-order chi connectivity index (χ0) is 13.7. The smallest absolute Gasteiger partial charge is 0.161 e. The highest BCUT2D eigenvalue weighted by atomic mass is 16.5. The number of ether oxygens (including phenoxy) is 2. The number of hydrogen-bond acceptors (Lipinski definition) is 3. The molecule has 0 amide bonds. The highest BCUT2D eigenvalue weighted by molar-refractivity contribution is 5.67. The molecule has 100 valence electrons. The van der Waals surface area contributed by atoms with E-state index in [-0.39, 0.29) is 0 Å². The summed E-state index contributed by atoms with van der Waals surface area (Å²) in [4.78, 5) is 0. The number of hydrogen-bond donors (Lipinski definition) is 1. The lowest BCUT2D eigenvalue weighted by Crippen LogP contribution is -2.11. The number of rotatable bonds is 5. The van der Waals surface area contributed by atoms with Gasteiger partial charge >= 0.3 is 0 Å². The lowest BCUT2D eigenvalue weighted by molar-refractivity contribution is 0.302. The number of nitrogens with two attached hydrogens (primary N) is 1. The molecule has 2 aromatic rings. The Labute approximate surface area is 114 Å². The van der Waals surface area contributed by atoms with E-state index in [1.807, 2.05) is 18.2 Å². The average molecular weight is 257 g/mol. The van der Waals surface area contributed by atoms with Gasteiger partial charge in [-0.2, -0.15) is 0 Å². The average Bonchev–Trinajstić information content (AvgIpc) is 2.45. The second-order valence-electron chi connectivity index (χ2n) is 4.37. The lowest BCUT2D eigenvalue weighted by Gasteiger charge is -2.12. The lowest BCUT2D eigenvalue weighted by atomic mass is 10.0. The van der Waals surface area contributed by atoms with Crippen molar-refractivity contribution in [3.05, 3.63) is 48.0 Å². The Hall–Kier alpha value is -2.00. The van der Waals surface area contributed by atoms with Crippen LogP contribution in [-0.4, -0.2) is 20.3 Å². The van der Waals surface area contributed by atoms with Gasteiger partial charge in [-0.1, -0.05) is 35.9 Å². The summed E-state index contributed by atoms with van der Waals surface area (Å²) in [5.41, 5.74) is 8.96.